The maximum Gasteiger partial charge on any atom is 0.519 e. The van der Waals surface area contributed by atoms with E-state index in [1.54, 1.807) is 0 Å². The molecule has 0 aliphatic rings. The van der Waals surface area contributed by atoms with Crippen molar-refractivity contribution < 1.29 is 48.3 Å². The van der Waals surface area contributed by atoms with Gasteiger partial charge in [-0.2, -0.15) is 0 Å². The summed E-state index contributed by atoms with van der Waals surface area (Å²) in [6, 6.07) is 12.4. The van der Waals surface area contributed by atoms with Crippen LogP contribution in [0.1, 0.15) is 20.7 Å². The van der Waals surface area contributed by atoms with Crippen LogP contribution in [0.25, 0.3) is 0 Å². The number of nitrogens with zero attached hydrogens (tertiary/aromatic N) is 4. The molecule has 0 aliphatic heterocycles. The van der Waals surface area contributed by atoms with E-state index < -0.39 is 33.2 Å². The van der Waals surface area contributed by atoms with E-state index in [0.29, 0.717) is 0 Å². The molecule has 0 unspecified atom stereocenters. The Morgan fingerprint density at radius 1 is 0.667 bits per heavy atom. The molecule has 0 atom stereocenters. The molecule has 18 nitrogen and oxygen atoms in total. The lowest BCUT2D eigenvalue weighted by molar-refractivity contribution is -0.385. The van der Waals surface area contributed by atoms with Gasteiger partial charge in [0.2, 0.25) is 11.8 Å². The third-order valence-corrected chi connectivity index (χ3v) is 4.78. The van der Waals surface area contributed by atoms with Gasteiger partial charge in [-0.3, -0.25) is 39.8 Å². The monoisotopic (exact) mass is 642 g/mol. The highest BCUT2D eigenvalue weighted by atomic mass is 35.5. The molecular formula is C26H19ClN6O12. The fourth-order valence-corrected chi connectivity index (χ4v) is 2.84. The predicted octanol–water partition coefficient (Wildman–Crippen LogP) is 3.89. The van der Waals surface area contributed by atoms with Crippen LogP contribution in [-0.4, -0.2) is 48.3 Å². The summed E-state index contributed by atoms with van der Waals surface area (Å²) in [5, 5.41) is 29.5. The normalized spacial score (nSPS) is 9.53. The van der Waals surface area contributed by atoms with Crippen molar-refractivity contribution in [3.8, 4) is 23.0 Å². The van der Waals surface area contributed by atoms with E-state index >= 15 is 0 Å². The topological polar surface area (TPSA) is 280 Å². The Balaban J connectivity index is 0.000000259. The Bertz CT molecular complexity index is 1700. The first kappa shape index (κ1) is 34.5. The molecule has 2 heterocycles. The first-order chi connectivity index (χ1) is 21.2. The zero-order valence-corrected chi connectivity index (χ0v) is 23.1. The van der Waals surface area contributed by atoms with E-state index in [1.807, 2.05) is 0 Å². The van der Waals surface area contributed by atoms with E-state index in [1.165, 1.54) is 85.5 Å². The zero-order chi connectivity index (χ0) is 33.5. The third kappa shape index (κ3) is 12.4. The van der Waals surface area contributed by atoms with Crippen LogP contribution in [0.2, 0.25) is 0 Å². The SMILES string of the molecule is NC(=O)c1cncc(O)c1.NC(=O)c1cncc(OC(=O)Oc2ccc([N+](=O)[O-])cc2)c1.O=C(Cl)Oc1ccc([N+](=O)[O-])cc1. The average Bonchev–Trinajstić information content (AvgIpc) is 2.98. The summed E-state index contributed by atoms with van der Waals surface area (Å²) in [6.45, 7) is 0. The number of aromatic nitrogens is 2. The van der Waals surface area contributed by atoms with Gasteiger partial charge in [0, 0.05) is 48.3 Å². The number of rotatable bonds is 7. The second-order valence-electron chi connectivity index (χ2n) is 7.87. The fraction of sp³-hybridized carbons (Fsp3) is 0. The van der Waals surface area contributed by atoms with Gasteiger partial charge in [0.25, 0.3) is 11.4 Å². The molecule has 19 heteroatoms. The van der Waals surface area contributed by atoms with Gasteiger partial charge in [-0.15, -0.1) is 0 Å². The number of hydrogen-bond donors (Lipinski definition) is 3. The molecule has 0 bridgehead atoms. The Morgan fingerprint density at radius 3 is 1.49 bits per heavy atom. The van der Waals surface area contributed by atoms with Crippen LogP contribution in [0.5, 0.6) is 23.0 Å². The predicted molar refractivity (Wildman–Crippen MR) is 152 cm³/mol. The minimum atomic E-state index is -1.09. The molecule has 0 aliphatic carbocycles. The number of primary amides is 2. The Morgan fingerprint density at radius 2 is 1.09 bits per heavy atom. The molecule has 0 saturated carbocycles. The van der Waals surface area contributed by atoms with Crippen LogP contribution < -0.4 is 25.7 Å². The molecular weight excluding hydrogens is 624 g/mol. The van der Waals surface area contributed by atoms with Crippen molar-refractivity contribution in [1.82, 2.24) is 9.97 Å². The number of carbonyl (C=O) groups excluding carboxylic acids is 4. The Kier molecular flexibility index (Phi) is 12.8. The van der Waals surface area contributed by atoms with Crippen LogP contribution in [0.3, 0.4) is 0 Å². The van der Waals surface area contributed by atoms with Gasteiger partial charge in [0.1, 0.15) is 17.2 Å². The largest absolute Gasteiger partial charge is 0.519 e. The molecule has 4 aromatic rings. The zero-order valence-electron chi connectivity index (χ0n) is 22.3. The molecule has 45 heavy (non-hydrogen) atoms. The average molecular weight is 643 g/mol. The smallest absolute Gasteiger partial charge is 0.506 e. The quantitative estimate of drug-likeness (QED) is 0.0847. The molecule has 4 rings (SSSR count). The van der Waals surface area contributed by atoms with E-state index in [0.717, 1.165) is 0 Å². The summed E-state index contributed by atoms with van der Waals surface area (Å²) >= 11 is 4.92. The van der Waals surface area contributed by atoms with Crippen molar-refractivity contribution in [2.24, 2.45) is 11.5 Å². The first-order valence-electron chi connectivity index (χ1n) is 11.7. The summed E-state index contributed by atoms with van der Waals surface area (Å²) in [5.74, 6) is -1.16. The molecule has 2 aromatic heterocycles. The van der Waals surface area contributed by atoms with Crippen molar-refractivity contribution in [1.29, 1.82) is 0 Å². The number of pyridine rings is 2. The number of non-ortho nitro benzene ring substituents is 2. The lowest BCUT2D eigenvalue weighted by Gasteiger charge is -2.05. The highest BCUT2D eigenvalue weighted by molar-refractivity contribution is 6.61. The van der Waals surface area contributed by atoms with Gasteiger partial charge in [-0.25, -0.2) is 9.59 Å². The minimum absolute atomic E-state index is 0.0248. The van der Waals surface area contributed by atoms with Gasteiger partial charge in [-0.05, 0) is 36.4 Å². The molecule has 5 N–H and O–H groups in total. The number of carbonyl (C=O) groups is 4. The van der Waals surface area contributed by atoms with Gasteiger partial charge in [0.15, 0.2) is 5.75 Å². The second-order valence-corrected chi connectivity index (χ2v) is 8.17. The van der Waals surface area contributed by atoms with Crippen molar-refractivity contribution in [2.75, 3.05) is 0 Å². The van der Waals surface area contributed by atoms with Crippen molar-refractivity contribution in [3.05, 3.63) is 117 Å². The van der Waals surface area contributed by atoms with Crippen LogP contribution in [-0.2, 0) is 0 Å². The second kappa shape index (κ2) is 16.7. The summed E-state index contributed by atoms with van der Waals surface area (Å²) in [6.07, 6.45) is 3.85. The number of hydrogen-bond acceptors (Lipinski definition) is 14. The lowest BCUT2D eigenvalue weighted by atomic mass is 10.3. The number of halogens is 1. The van der Waals surface area contributed by atoms with Crippen molar-refractivity contribution >= 4 is 46.4 Å². The number of ether oxygens (including phenoxy) is 3. The van der Waals surface area contributed by atoms with Gasteiger partial charge in [0.05, 0.1) is 33.4 Å². The van der Waals surface area contributed by atoms with Gasteiger partial charge >= 0.3 is 11.6 Å². The number of amides is 2. The fourth-order valence-electron chi connectivity index (χ4n) is 2.75. The van der Waals surface area contributed by atoms with Crippen LogP contribution in [0.4, 0.5) is 21.0 Å². The summed E-state index contributed by atoms with van der Waals surface area (Å²) in [4.78, 5) is 70.0. The number of aromatic hydroxyl groups is 1. The standard InChI is InChI=1S/C13H9N3O6.C7H4ClNO4.C6H6N2O2/c14-12(17)8-5-11(7-15-6-8)22-13(18)21-10-3-1-9(2-4-10)16(19)20;8-7(10)13-6-3-1-5(2-4-6)9(11)12;7-6(10)4-1-5(9)3-8-2-4/h1-7H,(H2,14,17);1-4H;1-3,9H,(H2,7,10). The minimum Gasteiger partial charge on any atom is -0.506 e. The molecule has 2 amide bonds. The molecule has 0 fully saturated rings. The molecule has 0 spiro atoms. The first-order valence-corrected chi connectivity index (χ1v) is 12.1. The van der Waals surface area contributed by atoms with Gasteiger partial charge in [-0.1, -0.05) is 0 Å². The molecule has 232 valence electrons. The summed E-state index contributed by atoms with van der Waals surface area (Å²) in [7, 11) is 0. The highest BCUT2D eigenvalue weighted by Crippen LogP contribution is 2.19. The van der Waals surface area contributed by atoms with Crippen molar-refractivity contribution in [2.45, 2.75) is 0 Å². The van der Waals surface area contributed by atoms with Gasteiger partial charge < -0.3 is 30.8 Å². The Hall–Kier alpha value is -6.69. The van der Waals surface area contributed by atoms with E-state index in [2.05, 4.69) is 14.7 Å². The lowest BCUT2D eigenvalue weighted by Crippen LogP contribution is -2.15. The number of nitro groups is 2. The van der Waals surface area contributed by atoms with E-state index in [-0.39, 0.29) is 45.5 Å². The van der Waals surface area contributed by atoms with E-state index in [9.17, 15) is 39.4 Å². The maximum absolute atomic E-state index is 11.6. The highest BCUT2D eigenvalue weighted by Gasteiger charge is 2.12. The van der Waals surface area contributed by atoms with Crippen LogP contribution >= 0.6 is 11.6 Å². The maximum atomic E-state index is 11.6. The van der Waals surface area contributed by atoms with Crippen LogP contribution in [0.15, 0.2) is 85.5 Å². The summed E-state index contributed by atoms with van der Waals surface area (Å²) in [5.41, 5.74) is 9.05. The van der Waals surface area contributed by atoms with Crippen LogP contribution in [0, 0.1) is 20.2 Å². The third-order valence-electron chi connectivity index (χ3n) is 4.70. The Labute approximate surface area is 256 Å². The molecule has 0 radical (unpaired) electrons. The number of benzene rings is 2. The number of nitro benzene ring substituents is 2. The summed E-state index contributed by atoms with van der Waals surface area (Å²) < 4.78 is 14.1. The number of nitrogens with two attached hydrogens (primary N) is 2. The molecule has 2 aromatic carbocycles. The molecule has 0 saturated heterocycles. The van der Waals surface area contributed by atoms with E-state index in [4.69, 9.17) is 37.6 Å². The van der Waals surface area contributed by atoms with Crippen molar-refractivity contribution in [3.63, 3.8) is 0 Å².